The molecule has 2 fully saturated rings. The van der Waals surface area contributed by atoms with E-state index in [2.05, 4.69) is 59.6 Å². The summed E-state index contributed by atoms with van der Waals surface area (Å²) in [6.07, 6.45) is 6.86. The summed E-state index contributed by atoms with van der Waals surface area (Å²) in [7, 11) is 0. The fourth-order valence-electron chi connectivity index (χ4n) is 4.13. The zero-order chi connectivity index (χ0) is 23.0. The van der Waals surface area contributed by atoms with E-state index in [-0.39, 0.29) is 15.1 Å². The lowest BCUT2D eigenvalue weighted by atomic mass is 10.0. The number of carbonyl (C=O) groups excluding carboxylic acids is 1. The monoisotopic (exact) mass is 558 g/mol. The van der Waals surface area contributed by atoms with Gasteiger partial charge in [0.05, 0.1) is 11.3 Å². The van der Waals surface area contributed by atoms with Gasteiger partial charge in [-0.2, -0.15) is 0 Å². The maximum Gasteiger partial charge on any atom is 0.258 e. The van der Waals surface area contributed by atoms with Gasteiger partial charge >= 0.3 is 0 Å². The third kappa shape index (κ3) is 4.50. The SMILES string of the molecule is CC1(I)CCN(c2nccc(-c3ccccc3F)c2NC(=O)c2cnc(N3CCC3)nc2)C1. The molecule has 4 heterocycles. The second kappa shape index (κ2) is 8.85. The van der Waals surface area contributed by atoms with E-state index < -0.39 is 0 Å². The molecule has 9 heteroatoms. The van der Waals surface area contributed by atoms with Crippen LogP contribution in [0.15, 0.2) is 48.9 Å². The van der Waals surface area contributed by atoms with E-state index in [0.717, 1.165) is 39.0 Å². The summed E-state index contributed by atoms with van der Waals surface area (Å²) in [5.41, 5.74) is 1.84. The number of hydrogen-bond donors (Lipinski definition) is 1. The number of halogens is 2. The smallest absolute Gasteiger partial charge is 0.258 e. The number of pyridine rings is 1. The van der Waals surface area contributed by atoms with Crippen molar-refractivity contribution < 1.29 is 9.18 Å². The number of benzene rings is 1. The van der Waals surface area contributed by atoms with Gasteiger partial charge in [0.2, 0.25) is 5.95 Å². The van der Waals surface area contributed by atoms with Crippen molar-refractivity contribution >= 4 is 46.0 Å². The summed E-state index contributed by atoms with van der Waals surface area (Å²) < 4.78 is 14.8. The van der Waals surface area contributed by atoms with Gasteiger partial charge in [-0.25, -0.2) is 19.3 Å². The van der Waals surface area contributed by atoms with E-state index >= 15 is 0 Å². The fraction of sp³-hybridized carbons (Fsp3) is 0.333. The minimum atomic E-state index is -0.354. The first-order valence-electron chi connectivity index (χ1n) is 11.0. The maximum absolute atomic E-state index is 14.7. The van der Waals surface area contributed by atoms with Gasteiger partial charge in [-0.3, -0.25) is 4.79 Å². The fourth-order valence-corrected chi connectivity index (χ4v) is 4.78. The van der Waals surface area contributed by atoms with E-state index in [0.29, 0.717) is 34.1 Å². The van der Waals surface area contributed by atoms with Crippen LogP contribution < -0.4 is 15.1 Å². The van der Waals surface area contributed by atoms with Crippen molar-refractivity contribution in [2.75, 3.05) is 41.3 Å². The summed E-state index contributed by atoms with van der Waals surface area (Å²) in [5, 5.41) is 3.00. The highest BCUT2D eigenvalue weighted by molar-refractivity contribution is 14.1. The number of carbonyl (C=O) groups is 1. The minimum Gasteiger partial charge on any atom is -0.354 e. The molecule has 1 unspecified atom stereocenters. The topological polar surface area (TPSA) is 74.2 Å². The highest BCUT2D eigenvalue weighted by atomic mass is 127. The molecular weight excluding hydrogens is 534 g/mol. The molecular formula is C24H24FIN6O. The largest absolute Gasteiger partial charge is 0.354 e. The molecule has 5 rings (SSSR count). The molecule has 0 spiro atoms. The van der Waals surface area contributed by atoms with Crippen molar-refractivity contribution in [1.82, 2.24) is 15.0 Å². The maximum atomic E-state index is 14.7. The zero-order valence-electron chi connectivity index (χ0n) is 18.3. The Hall–Kier alpha value is -2.82. The first-order valence-corrected chi connectivity index (χ1v) is 12.1. The number of nitrogens with zero attached hydrogens (tertiary/aromatic N) is 5. The van der Waals surface area contributed by atoms with Crippen molar-refractivity contribution in [3.8, 4) is 11.1 Å². The standard InChI is InChI=1S/C24H24FIN6O/c1-24(26)8-12-32(15-24)21-20(18(7-9-27-21)17-5-2-3-6-19(17)25)30-22(33)16-13-28-23(29-14-16)31-10-4-11-31/h2-3,5-7,9,13-14H,4,8,10-12,15H2,1H3,(H,30,33). The Balaban J connectivity index is 1.51. The van der Waals surface area contributed by atoms with Gasteiger partial charge in [0.15, 0.2) is 5.82 Å². The molecule has 2 aliphatic rings. The van der Waals surface area contributed by atoms with Crippen molar-refractivity contribution in [3.05, 3.63) is 60.3 Å². The van der Waals surface area contributed by atoms with E-state index in [1.54, 1.807) is 30.5 Å². The molecule has 3 aromatic rings. The van der Waals surface area contributed by atoms with Gasteiger partial charge in [0.25, 0.3) is 5.91 Å². The van der Waals surface area contributed by atoms with Gasteiger partial charge in [-0.1, -0.05) is 40.8 Å². The average molecular weight is 558 g/mol. The summed E-state index contributed by atoms with van der Waals surface area (Å²) in [6.45, 7) is 5.66. The van der Waals surface area contributed by atoms with Crippen LogP contribution in [-0.4, -0.2) is 50.5 Å². The molecule has 1 atom stereocenters. The third-order valence-electron chi connectivity index (χ3n) is 6.10. The first kappa shape index (κ1) is 22.0. The van der Waals surface area contributed by atoms with Crippen LogP contribution in [0, 0.1) is 5.82 Å². The Morgan fingerprint density at radius 1 is 1.06 bits per heavy atom. The van der Waals surface area contributed by atoms with Crippen molar-refractivity contribution in [2.45, 2.75) is 23.2 Å². The van der Waals surface area contributed by atoms with Gasteiger partial charge in [0, 0.05) is 59.3 Å². The van der Waals surface area contributed by atoms with E-state index in [4.69, 9.17) is 0 Å². The molecule has 1 N–H and O–H groups in total. The zero-order valence-corrected chi connectivity index (χ0v) is 20.4. The Labute approximate surface area is 205 Å². The predicted molar refractivity (Wildman–Crippen MR) is 136 cm³/mol. The van der Waals surface area contributed by atoms with Crippen molar-refractivity contribution in [2.24, 2.45) is 0 Å². The third-order valence-corrected chi connectivity index (χ3v) is 6.98. The van der Waals surface area contributed by atoms with Crippen LogP contribution in [0.25, 0.3) is 11.1 Å². The minimum absolute atomic E-state index is 0.106. The lowest BCUT2D eigenvalue weighted by Crippen LogP contribution is -2.38. The van der Waals surface area contributed by atoms with Crippen molar-refractivity contribution in [1.29, 1.82) is 0 Å². The molecule has 7 nitrogen and oxygen atoms in total. The Kier molecular flexibility index (Phi) is 5.90. The quantitative estimate of drug-likeness (QED) is 0.366. The number of anilines is 3. The molecule has 0 bridgehead atoms. The molecule has 1 aromatic carbocycles. The van der Waals surface area contributed by atoms with Crippen LogP contribution in [-0.2, 0) is 0 Å². The molecule has 1 amide bonds. The number of alkyl halides is 1. The van der Waals surface area contributed by atoms with Crippen LogP contribution >= 0.6 is 22.6 Å². The van der Waals surface area contributed by atoms with Gasteiger partial charge in [-0.05, 0) is 31.9 Å². The summed E-state index contributed by atoms with van der Waals surface area (Å²) in [6, 6.07) is 8.30. The van der Waals surface area contributed by atoms with Crippen LogP contribution in [0.1, 0.15) is 30.1 Å². The highest BCUT2D eigenvalue weighted by Crippen LogP contribution is 2.40. The molecule has 170 valence electrons. The molecule has 0 radical (unpaired) electrons. The van der Waals surface area contributed by atoms with Crippen LogP contribution in [0.5, 0.6) is 0 Å². The molecule has 2 aliphatic heterocycles. The summed E-state index contributed by atoms with van der Waals surface area (Å²) >= 11 is 2.46. The molecule has 0 saturated carbocycles. The number of nitrogens with one attached hydrogen (secondary N) is 1. The van der Waals surface area contributed by atoms with E-state index in [1.165, 1.54) is 18.5 Å². The predicted octanol–water partition coefficient (Wildman–Crippen LogP) is 4.54. The molecule has 0 aliphatic carbocycles. The summed E-state index contributed by atoms with van der Waals surface area (Å²) in [5.74, 6) is 0.564. The Bertz CT molecular complexity index is 1180. The number of aromatic nitrogens is 3. The normalized spacial score (nSPS) is 20.0. The van der Waals surface area contributed by atoms with Gasteiger partial charge in [-0.15, -0.1) is 0 Å². The first-order chi connectivity index (χ1) is 15.9. The second-order valence-corrected chi connectivity index (χ2v) is 11.3. The summed E-state index contributed by atoms with van der Waals surface area (Å²) in [4.78, 5) is 30.7. The number of rotatable bonds is 5. The lowest BCUT2D eigenvalue weighted by Gasteiger charge is -2.30. The van der Waals surface area contributed by atoms with E-state index in [1.807, 2.05) is 0 Å². The van der Waals surface area contributed by atoms with Gasteiger partial charge in [0.1, 0.15) is 5.82 Å². The lowest BCUT2D eigenvalue weighted by molar-refractivity contribution is 0.102. The molecule has 2 aromatic heterocycles. The number of hydrogen-bond acceptors (Lipinski definition) is 6. The Morgan fingerprint density at radius 2 is 1.82 bits per heavy atom. The molecule has 2 saturated heterocycles. The second-order valence-electron chi connectivity index (χ2n) is 8.69. The van der Waals surface area contributed by atoms with E-state index in [9.17, 15) is 9.18 Å². The average Bonchev–Trinajstić information content (AvgIpc) is 3.13. The van der Waals surface area contributed by atoms with Crippen LogP contribution in [0.3, 0.4) is 0 Å². The molecule has 33 heavy (non-hydrogen) atoms. The van der Waals surface area contributed by atoms with Crippen LogP contribution in [0.2, 0.25) is 0 Å². The number of amides is 1. The Morgan fingerprint density at radius 3 is 2.45 bits per heavy atom. The van der Waals surface area contributed by atoms with Gasteiger partial charge < -0.3 is 15.1 Å². The van der Waals surface area contributed by atoms with Crippen LogP contribution in [0.4, 0.5) is 21.8 Å². The van der Waals surface area contributed by atoms with Crippen molar-refractivity contribution in [3.63, 3.8) is 0 Å². The highest BCUT2D eigenvalue weighted by Gasteiger charge is 2.33.